The molecule has 0 radical (unpaired) electrons. The quantitative estimate of drug-likeness (QED) is 0.0217. The Balaban J connectivity index is 1.43. The topological polar surface area (TPSA) is 307 Å². The Hall–Kier alpha value is -3.29. The lowest BCUT2D eigenvalue weighted by atomic mass is 9.96. The third-order valence-corrected chi connectivity index (χ3v) is 15.4. The zero-order valence-corrected chi connectivity index (χ0v) is 51.0. The van der Waals surface area contributed by atoms with Crippen LogP contribution in [-0.4, -0.2) is 193 Å². The van der Waals surface area contributed by atoms with Gasteiger partial charge in [-0.05, 0) is 77.0 Å². The Labute approximate surface area is 507 Å². The summed E-state index contributed by atoms with van der Waals surface area (Å²) in [6.07, 6.45) is 33.5. The fourth-order valence-corrected chi connectivity index (χ4v) is 10.2. The summed E-state index contributed by atoms with van der Waals surface area (Å²) in [5.74, 6) is -0.274. The van der Waals surface area contributed by atoms with Crippen LogP contribution in [0.25, 0.3) is 0 Å². The minimum Gasteiger partial charge on any atom is -0.394 e. The summed E-state index contributed by atoms with van der Waals surface area (Å²) in [5, 5.41) is 120. The molecule has 0 aromatic heterocycles. The monoisotopic (exact) mass is 1210 g/mol. The normalized spacial score (nSPS) is 29.6. The first kappa shape index (κ1) is 76.0. The summed E-state index contributed by atoms with van der Waals surface area (Å²) in [4.78, 5) is 13.3. The molecule has 3 heterocycles. The first-order chi connectivity index (χ1) is 41.3. The zero-order chi connectivity index (χ0) is 61.9. The summed E-state index contributed by atoms with van der Waals surface area (Å²) in [6, 6.07) is -0.907. The fraction of sp³-hybridized carbons (Fsp3) is 0.742. The van der Waals surface area contributed by atoms with Crippen molar-refractivity contribution in [1.82, 2.24) is 5.32 Å². The molecule has 3 saturated heterocycles. The van der Waals surface area contributed by atoms with Crippen LogP contribution < -0.4 is 5.32 Å². The molecule has 0 aliphatic carbocycles. The van der Waals surface area contributed by atoms with E-state index in [-0.39, 0.29) is 18.9 Å². The third-order valence-electron chi connectivity index (χ3n) is 15.4. The standard InChI is InChI=1S/C66H111NO18/c1-3-5-7-9-11-13-15-16-17-18-19-20-21-22-23-24-25-26-27-28-29-30-31-32-34-36-38-40-42-44-54(72)67-49(50(71)43-41-39-37-35-33-14-12-10-8-6-4-2)48-80-64-60(78)57(75)62(52(46-69)82-64)85-66-61(79)58(76)63(53(47-70)83-66)84-65-59(77)56(74)55(73)51(45-68)81-65/h5,7,11,13,16-17,19-20,22-23,25-26,28-29,31-32,49-53,55-66,68-71,73-79H,3-4,6,8-10,12,14-15,18,21,24,27,30,33-48H2,1-2H3,(H,67,72)/b7-5-,13-11-,17-16-,20-19-,23-22-,26-25-,29-28-,32-31-. The largest absolute Gasteiger partial charge is 0.394 e. The average Bonchev–Trinajstić information content (AvgIpc) is 3.05. The molecule has 12 N–H and O–H groups in total. The molecule has 3 fully saturated rings. The summed E-state index contributed by atoms with van der Waals surface area (Å²) in [5.41, 5.74) is 0. The van der Waals surface area contributed by atoms with Crippen molar-refractivity contribution in [1.29, 1.82) is 0 Å². The van der Waals surface area contributed by atoms with E-state index >= 15 is 0 Å². The highest BCUT2D eigenvalue weighted by atomic mass is 16.8. The number of amides is 1. The number of aliphatic hydroxyl groups excluding tert-OH is 11. The van der Waals surface area contributed by atoms with E-state index in [1.165, 1.54) is 44.9 Å². The van der Waals surface area contributed by atoms with E-state index in [1.54, 1.807) is 0 Å². The minimum absolute atomic E-state index is 0.230. The van der Waals surface area contributed by atoms with Crippen molar-refractivity contribution in [2.24, 2.45) is 0 Å². The van der Waals surface area contributed by atoms with E-state index in [9.17, 15) is 61.0 Å². The Kier molecular flexibility index (Phi) is 42.6. The second kappa shape index (κ2) is 47.7. The highest BCUT2D eigenvalue weighted by Gasteiger charge is 2.53. The van der Waals surface area contributed by atoms with Crippen LogP contribution in [0, 0.1) is 0 Å². The van der Waals surface area contributed by atoms with Crippen molar-refractivity contribution in [2.45, 2.75) is 285 Å². The zero-order valence-electron chi connectivity index (χ0n) is 51.0. The number of carbonyl (C=O) groups excluding carboxylic acids is 1. The molecule has 0 aromatic carbocycles. The Morgan fingerprint density at radius 3 is 1.27 bits per heavy atom. The maximum atomic E-state index is 13.3. The van der Waals surface area contributed by atoms with Crippen molar-refractivity contribution < 1.29 is 89.4 Å². The molecular formula is C66H111NO18. The molecule has 3 rings (SSSR count). The number of unbranched alkanes of at least 4 members (excludes halogenated alkanes) is 14. The van der Waals surface area contributed by atoms with Crippen LogP contribution in [0.5, 0.6) is 0 Å². The van der Waals surface area contributed by atoms with Crippen LogP contribution >= 0.6 is 0 Å². The fourth-order valence-electron chi connectivity index (χ4n) is 10.2. The maximum Gasteiger partial charge on any atom is 0.220 e. The summed E-state index contributed by atoms with van der Waals surface area (Å²) in [6.45, 7) is 1.61. The highest BCUT2D eigenvalue weighted by molar-refractivity contribution is 5.76. The molecule has 0 bridgehead atoms. The number of hydrogen-bond acceptors (Lipinski definition) is 18. The predicted molar refractivity (Wildman–Crippen MR) is 327 cm³/mol. The summed E-state index contributed by atoms with van der Waals surface area (Å²) in [7, 11) is 0. The summed E-state index contributed by atoms with van der Waals surface area (Å²) >= 11 is 0. The Morgan fingerprint density at radius 1 is 0.435 bits per heavy atom. The van der Waals surface area contributed by atoms with Crippen LogP contribution in [-0.2, 0) is 33.2 Å². The molecule has 19 nitrogen and oxygen atoms in total. The molecule has 1 amide bonds. The number of rotatable bonds is 46. The number of ether oxygens (including phenoxy) is 6. The van der Waals surface area contributed by atoms with Gasteiger partial charge in [-0.3, -0.25) is 4.79 Å². The van der Waals surface area contributed by atoms with Gasteiger partial charge in [0.15, 0.2) is 18.9 Å². The average molecular weight is 1210 g/mol. The lowest BCUT2D eigenvalue weighted by Gasteiger charge is -2.48. The van der Waals surface area contributed by atoms with E-state index < -0.39 is 124 Å². The SMILES string of the molecule is CC/C=C\C/C=C\C/C=C\C/C=C\C/C=C\C/C=C\C/C=C\C/C=C\CCCCCCC(=O)NC(COC1OC(CO)C(OC2OC(CO)C(OC3OC(CO)C(O)C(O)C3O)C(O)C2O)C(O)C1O)C(O)CCCCCCCCCCCCC. The molecule has 3 aliphatic heterocycles. The van der Waals surface area contributed by atoms with Gasteiger partial charge >= 0.3 is 0 Å². The Bertz CT molecular complexity index is 1920. The van der Waals surface area contributed by atoms with Crippen LogP contribution in [0.1, 0.15) is 181 Å². The van der Waals surface area contributed by atoms with Gasteiger partial charge in [-0.1, -0.05) is 195 Å². The van der Waals surface area contributed by atoms with Crippen LogP contribution in [0.2, 0.25) is 0 Å². The predicted octanol–water partition coefficient (Wildman–Crippen LogP) is 6.93. The van der Waals surface area contributed by atoms with Gasteiger partial charge in [-0.2, -0.15) is 0 Å². The van der Waals surface area contributed by atoms with E-state index in [0.717, 1.165) is 96.3 Å². The van der Waals surface area contributed by atoms with Gasteiger partial charge in [0.2, 0.25) is 5.91 Å². The van der Waals surface area contributed by atoms with E-state index in [2.05, 4.69) is 116 Å². The third kappa shape index (κ3) is 30.7. The molecule has 0 aromatic rings. The van der Waals surface area contributed by atoms with Crippen molar-refractivity contribution in [3.05, 3.63) is 97.2 Å². The molecule has 19 heteroatoms. The van der Waals surface area contributed by atoms with Gasteiger partial charge < -0.3 is 89.9 Å². The smallest absolute Gasteiger partial charge is 0.220 e. The van der Waals surface area contributed by atoms with Crippen molar-refractivity contribution in [3.8, 4) is 0 Å². The second-order valence-electron chi connectivity index (χ2n) is 22.5. The highest BCUT2D eigenvalue weighted by Crippen LogP contribution is 2.33. The molecule has 0 saturated carbocycles. The van der Waals surface area contributed by atoms with Crippen LogP contribution in [0.15, 0.2) is 97.2 Å². The van der Waals surface area contributed by atoms with Gasteiger partial charge in [-0.25, -0.2) is 0 Å². The number of allylic oxidation sites excluding steroid dienone is 16. The van der Waals surface area contributed by atoms with Gasteiger partial charge in [0.1, 0.15) is 73.2 Å². The summed E-state index contributed by atoms with van der Waals surface area (Å²) < 4.78 is 34.3. The van der Waals surface area contributed by atoms with Crippen molar-refractivity contribution in [2.75, 3.05) is 26.4 Å². The molecular weight excluding hydrogens is 1090 g/mol. The van der Waals surface area contributed by atoms with E-state index in [4.69, 9.17) is 28.4 Å². The number of carbonyl (C=O) groups is 1. The first-order valence-electron chi connectivity index (χ1n) is 32.0. The van der Waals surface area contributed by atoms with Crippen molar-refractivity contribution in [3.63, 3.8) is 0 Å². The van der Waals surface area contributed by atoms with Crippen molar-refractivity contribution >= 4 is 5.91 Å². The lowest BCUT2D eigenvalue weighted by Crippen LogP contribution is -2.66. The number of aliphatic hydroxyl groups is 11. The first-order valence-corrected chi connectivity index (χ1v) is 32.0. The van der Waals surface area contributed by atoms with Gasteiger partial charge in [0, 0.05) is 6.42 Å². The number of hydrogen-bond donors (Lipinski definition) is 12. The van der Waals surface area contributed by atoms with E-state index in [1.807, 2.05) is 0 Å². The van der Waals surface area contributed by atoms with Crippen LogP contribution in [0.4, 0.5) is 0 Å². The lowest BCUT2D eigenvalue weighted by molar-refractivity contribution is -0.379. The molecule has 0 spiro atoms. The Morgan fingerprint density at radius 2 is 0.812 bits per heavy atom. The van der Waals surface area contributed by atoms with Gasteiger partial charge in [0.05, 0.1) is 38.6 Å². The second-order valence-corrected chi connectivity index (χ2v) is 22.5. The molecule has 488 valence electrons. The molecule has 17 unspecified atom stereocenters. The minimum atomic E-state index is -1.98. The maximum absolute atomic E-state index is 13.3. The molecule has 17 atom stereocenters. The van der Waals surface area contributed by atoms with Gasteiger partial charge in [0.25, 0.3) is 0 Å². The van der Waals surface area contributed by atoms with E-state index in [0.29, 0.717) is 19.3 Å². The number of nitrogens with one attached hydrogen (secondary N) is 1. The van der Waals surface area contributed by atoms with Gasteiger partial charge in [-0.15, -0.1) is 0 Å². The molecule has 3 aliphatic rings. The molecule has 85 heavy (non-hydrogen) atoms. The van der Waals surface area contributed by atoms with Crippen LogP contribution in [0.3, 0.4) is 0 Å².